The normalized spacial score (nSPS) is 25.3. The SMILES string of the molecule is CC(C)CCn1cc(C(=O)N2CCCCC3CCCCC32)nn1. The van der Waals surface area contributed by atoms with Crippen molar-refractivity contribution in [3.63, 3.8) is 0 Å². The van der Waals surface area contributed by atoms with Gasteiger partial charge < -0.3 is 4.90 Å². The summed E-state index contributed by atoms with van der Waals surface area (Å²) in [5.74, 6) is 1.43. The minimum Gasteiger partial charge on any atom is -0.334 e. The van der Waals surface area contributed by atoms with E-state index in [1.165, 1.54) is 32.1 Å². The molecule has 2 heterocycles. The number of likely N-dealkylation sites (tertiary alicyclic amines) is 1. The number of carbonyl (C=O) groups is 1. The number of hydrogen-bond acceptors (Lipinski definition) is 3. The third-order valence-electron chi connectivity index (χ3n) is 5.45. The minimum absolute atomic E-state index is 0.0968. The lowest BCUT2D eigenvalue weighted by Crippen LogP contribution is -2.45. The van der Waals surface area contributed by atoms with Gasteiger partial charge in [0.05, 0.1) is 6.20 Å². The molecule has 23 heavy (non-hydrogen) atoms. The van der Waals surface area contributed by atoms with Crippen LogP contribution >= 0.6 is 0 Å². The molecule has 5 nitrogen and oxygen atoms in total. The fourth-order valence-corrected chi connectivity index (χ4v) is 4.09. The molecule has 0 N–H and O–H groups in total. The van der Waals surface area contributed by atoms with Crippen molar-refractivity contribution in [1.29, 1.82) is 0 Å². The quantitative estimate of drug-likeness (QED) is 0.853. The van der Waals surface area contributed by atoms with Gasteiger partial charge in [-0.2, -0.15) is 0 Å². The molecule has 128 valence electrons. The van der Waals surface area contributed by atoms with E-state index in [4.69, 9.17) is 0 Å². The van der Waals surface area contributed by atoms with Crippen molar-refractivity contribution in [1.82, 2.24) is 19.9 Å². The second-order valence-corrected chi connectivity index (χ2v) is 7.66. The lowest BCUT2D eigenvalue weighted by atomic mass is 9.81. The number of nitrogens with zero attached hydrogens (tertiary/aromatic N) is 4. The fourth-order valence-electron chi connectivity index (χ4n) is 4.09. The largest absolute Gasteiger partial charge is 0.334 e. The maximum absolute atomic E-state index is 13.0. The van der Waals surface area contributed by atoms with Gasteiger partial charge in [-0.1, -0.05) is 38.3 Å². The number of aromatic nitrogens is 3. The van der Waals surface area contributed by atoms with Crippen LogP contribution in [0.15, 0.2) is 6.20 Å². The van der Waals surface area contributed by atoms with Crippen LogP contribution in [0.25, 0.3) is 0 Å². The number of rotatable bonds is 4. The van der Waals surface area contributed by atoms with Crippen LogP contribution in [-0.2, 0) is 6.54 Å². The molecule has 0 bridgehead atoms. The zero-order chi connectivity index (χ0) is 16.2. The van der Waals surface area contributed by atoms with Crippen molar-refractivity contribution < 1.29 is 4.79 Å². The highest BCUT2D eigenvalue weighted by Gasteiger charge is 2.35. The summed E-state index contributed by atoms with van der Waals surface area (Å²) < 4.78 is 1.82. The summed E-state index contributed by atoms with van der Waals surface area (Å²) in [5.41, 5.74) is 0.528. The second kappa shape index (κ2) is 7.45. The molecule has 0 radical (unpaired) electrons. The highest BCUT2D eigenvalue weighted by atomic mass is 16.2. The molecular formula is C18H30N4O. The molecule has 2 unspecified atom stereocenters. The summed E-state index contributed by atoms with van der Waals surface area (Å²) in [6, 6.07) is 0.430. The molecule has 1 amide bonds. The molecule has 5 heteroatoms. The molecule has 1 saturated heterocycles. The number of hydrogen-bond donors (Lipinski definition) is 0. The monoisotopic (exact) mass is 318 g/mol. The molecule has 0 spiro atoms. The van der Waals surface area contributed by atoms with Crippen molar-refractivity contribution in [2.75, 3.05) is 6.54 Å². The predicted octanol–water partition coefficient (Wildman–Crippen LogP) is 3.51. The Morgan fingerprint density at radius 3 is 2.74 bits per heavy atom. The van der Waals surface area contributed by atoms with Crippen LogP contribution in [0.5, 0.6) is 0 Å². The first kappa shape index (κ1) is 16.5. The lowest BCUT2D eigenvalue weighted by Gasteiger charge is -2.37. The summed E-state index contributed by atoms with van der Waals surface area (Å²) in [6.07, 6.45) is 11.6. The molecule has 1 aromatic rings. The van der Waals surface area contributed by atoms with Crippen molar-refractivity contribution in [2.24, 2.45) is 11.8 Å². The molecule has 1 saturated carbocycles. The standard InChI is InChI=1S/C18H30N4O/c1-14(2)10-12-21-13-16(19-20-21)18(23)22-11-6-5-8-15-7-3-4-9-17(15)22/h13-15,17H,3-12H2,1-2H3. The van der Waals surface area contributed by atoms with E-state index < -0.39 is 0 Å². The molecule has 0 aromatic carbocycles. The number of carbonyl (C=O) groups excluding carboxylic acids is 1. The van der Waals surface area contributed by atoms with Crippen molar-refractivity contribution >= 4 is 5.91 Å². The van der Waals surface area contributed by atoms with E-state index in [0.717, 1.165) is 32.4 Å². The summed E-state index contributed by atoms with van der Waals surface area (Å²) in [5, 5.41) is 8.31. The first-order valence-electron chi connectivity index (χ1n) is 9.36. The Morgan fingerprint density at radius 2 is 1.96 bits per heavy atom. The van der Waals surface area contributed by atoms with Gasteiger partial charge in [0, 0.05) is 19.1 Å². The van der Waals surface area contributed by atoms with Gasteiger partial charge >= 0.3 is 0 Å². The highest BCUT2D eigenvalue weighted by Crippen LogP contribution is 2.35. The fraction of sp³-hybridized carbons (Fsp3) is 0.833. The summed E-state index contributed by atoms with van der Waals surface area (Å²) in [4.78, 5) is 15.1. The van der Waals surface area contributed by atoms with Crippen LogP contribution in [-0.4, -0.2) is 38.4 Å². The third kappa shape index (κ3) is 3.93. The van der Waals surface area contributed by atoms with Crippen LogP contribution in [0.2, 0.25) is 0 Å². The van der Waals surface area contributed by atoms with Gasteiger partial charge in [0.1, 0.15) is 0 Å². The van der Waals surface area contributed by atoms with Crippen molar-refractivity contribution in [3.8, 4) is 0 Å². The van der Waals surface area contributed by atoms with Gasteiger partial charge in [0.15, 0.2) is 5.69 Å². The Labute approximate surface area is 139 Å². The van der Waals surface area contributed by atoms with Crippen LogP contribution < -0.4 is 0 Å². The van der Waals surface area contributed by atoms with E-state index in [1.807, 2.05) is 10.9 Å². The Hall–Kier alpha value is -1.39. The number of fused-ring (bicyclic) bond motifs is 1. The topological polar surface area (TPSA) is 51.0 Å². The first-order chi connectivity index (χ1) is 11.1. The number of aryl methyl sites for hydroxylation is 1. The lowest BCUT2D eigenvalue weighted by molar-refractivity contribution is 0.0563. The summed E-state index contributed by atoms with van der Waals surface area (Å²) >= 11 is 0. The molecule has 2 aliphatic rings. The van der Waals surface area contributed by atoms with Crippen LogP contribution in [0.4, 0.5) is 0 Å². The zero-order valence-electron chi connectivity index (χ0n) is 14.6. The van der Waals surface area contributed by atoms with Gasteiger partial charge in [-0.05, 0) is 43.9 Å². The average Bonchev–Trinajstić information content (AvgIpc) is 2.92. The van der Waals surface area contributed by atoms with E-state index in [9.17, 15) is 4.79 Å². The Balaban J connectivity index is 1.70. The van der Waals surface area contributed by atoms with Crippen LogP contribution in [0.1, 0.15) is 75.7 Å². The first-order valence-corrected chi connectivity index (χ1v) is 9.36. The second-order valence-electron chi connectivity index (χ2n) is 7.66. The third-order valence-corrected chi connectivity index (χ3v) is 5.45. The average molecular weight is 318 g/mol. The maximum Gasteiger partial charge on any atom is 0.276 e. The van der Waals surface area contributed by atoms with Crippen molar-refractivity contribution in [2.45, 2.75) is 77.8 Å². The van der Waals surface area contributed by atoms with Gasteiger partial charge in [-0.25, -0.2) is 0 Å². The molecule has 2 fully saturated rings. The molecule has 1 aromatic heterocycles. The van der Waals surface area contributed by atoms with E-state index >= 15 is 0 Å². The van der Waals surface area contributed by atoms with Crippen molar-refractivity contribution in [3.05, 3.63) is 11.9 Å². The molecular weight excluding hydrogens is 288 g/mol. The van der Waals surface area contributed by atoms with E-state index in [0.29, 0.717) is 23.6 Å². The zero-order valence-corrected chi connectivity index (χ0v) is 14.6. The minimum atomic E-state index is 0.0968. The van der Waals surface area contributed by atoms with Gasteiger partial charge in [0.2, 0.25) is 0 Å². The van der Waals surface area contributed by atoms with Crippen LogP contribution in [0.3, 0.4) is 0 Å². The molecule has 1 aliphatic carbocycles. The smallest absolute Gasteiger partial charge is 0.276 e. The van der Waals surface area contributed by atoms with E-state index in [1.54, 1.807) is 0 Å². The van der Waals surface area contributed by atoms with E-state index in [2.05, 4.69) is 29.1 Å². The molecule has 1 aliphatic heterocycles. The van der Waals surface area contributed by atoms with Gasteiger partial charge in [-0.3, -0.25) is 9.48 Å². The molecule has 3 rings (SSSR count). The summed E-state index contributed by atoms with van der Waals surface area (Å²) in [6.45, 7) is 6.12. The van der Waals surface area contributed by atoms with Gasteiger partial charge in [-0.15, -0.1) is 5.10 Å². The Bertz CT molecular complexity index is 525. The van der Waals surface area contributed by atoms with Crippen LogP contribution in [0, 0.1) is 11.8 Å². The number of amides is 1. The van der Waals surface area contributed by atoms with Gasteiger partial charge in [0.25, 0.3) is 5.91 Å². The maximum atomic E-state index is 13.0. The highest BCUT2D eigenvalue weighted by molar-refractivity contribution is 5.92. The molecule has 2 atom stereocenters. The Morgan fingerprint density at radius 1 is 1.22 bits per heavy atom. The predicted molar refractivity (Wildman–Crippen MR) is 90.1 cm³/mol. The summed E-state index contributed by atoms with van der Waals surface area (Å²) in [7, 11) is 0. The van der Waals surface area contributed by atoms with E-state index in [-0.39, 0.29) is 5.91 Å². The Kier molecular flexibility index (Phi) is 5.34.